The van der Waals surface area contributed by atoms with E-state index in [1.165, 1.54) is 11.8 Å². The highest BCUT2D eigenvalue weighted by Crippen LogP contribution is 2.12. The molecule has 0 saturated heterocycles. The first kappa shape index (κ1) is 17.0. The minimum atomic E-state index is -0.671. The van der Waals surface area contributed by atoms with E-state index in [9.17, 15) is 9.59 Å². The van der Waals surface area contributed by atoms with E-state index in [1.807, 2.05) is 17.5 Å². The second-order valence-corrected chi connectivity index (χ2v) is 6.27. The van der Waals surface area contributed by atoms with E-state index in [0.717, 1.165) is 4.88 Å². The normalized spacial score (nSPS) is 11.9. The molecule has 0 bridgehead atoms. The van der Waals surface area contributed by atoms with Crippen molar-refractivity contribution >= 4 is 35.0 Å². The maximum atomic E-state index is 11.9. The van der Waals surface area contributed by atoms with Crippen molar-refractivity contribution in [2.24, 2.45) is 5.73 Å². The molecule has 0 aliphatic heterocycles. The zero-order chi connectivity index (χ0) is 15.0. The van der Waals surface area contributed by atoms with Gasteiger partial charge in [0.1, 0.15) is 6.04 Å². The molecule has 1 amide bonds. The second kappa shape index (κ2) is 8.99. The summed E-state index contributed by atoms with van der Waals surface area (Å²) in [5.41, 5.74) is 5.66. The van der Waals surface area contributed by atoms with Crippen LogP contribution in [0.25, 0.3) is 0 Å². The summed E-state index contributed by atoms with van der Waals surface area (Å²) < 4.78 is 4.81. The fourth-order valence-corrected chi connectivity index (χ4v) is 3.09. The predicted molar refractivity (Wildman–Crippen MR) is 82.7 cm³/mol. The van der Waals surface area contributed by atoms with Crippen LogP contribution in [0.3, 0.4) is 0 Å². The number of thioether (sulfide) groups is 1. The van der Waals surface area contributed by atoms with Crippen molar-refractivity contribution in [1.29, 1.82) is 0 Å². The zero-order valence-electron chi connectivity index (χ0n) is 11.7. The smallest absolute Gasteiger partial charge is 0.323 e. The third kappa shape index (κ3) is 5.94. The second-order valence-electron chi connectivity index (χ2n) is 4.20. The number of ether oxygens (including phenoxy) is 1. The summed E-state index contributed by atoms with van der Waals surface area (Å²) in [7, 11) is 1.77. The molecule has 0 aliphatic carbocycles. The lowest BCUT2D eigenvalue weighted by Crippen LogP contribution is -2.35. The van der Waals surface area contributed by atoms with E-state index in [1.54, 1.807) is 30.2 Å². The third-order valence-electron chi connectivity index (χ3n) is 2.51. The molecule has 0 saturated carbocycles. The fourth-order valence-electron chi connectivity index (χ4n) is 1.43. The monoisotopic (exact) mass is 316 g/mol. The Morgan fingerprint density at radius 3 is 2.90 bits per heavy atom. The van der Waals surface area contributed by atoms with Crippen molar-refractivity contribution in [1.82, 2.24) is 4.90 Å². The number of esters is 1. The van der Waals surface area contributed by atoms with Gasteiger partial charge in [-0.3, -0.25) is 9.59 Å². The molecule has 5 nitrogen and oxygen atoms in total. The molecule has 0 aromatic carbocycles. The van der Waals surface area contributed by atoms with Gasteiger partial charge < -0.3 is 15.4 Å². The van der Waals surface area contributed by atoms with Crippen molar-refractivity contribution in [3.05, 3.63) is 22.4 Å². The number of carbonyl (C=O) groups excluding carboxylic acids is 2. The van der Waals surface area contributed by atoms with Gasteiger partial charge in [-0.1, -0.05) is 6.07 Å². The number of amides is 1. The first-order valence-electron chi connectivity index (χ1n) is 6.31. The summed E-state index contributed by atoms with van der Waals surface area (Å²) in [6, 6.07) is 3.29. The van der Waals surface area contributed by atoms with Gasteiger partial charge in [0.25, 0.3) is 0 Å². The van der Waals surface area contributed by atoms with Gasteiger partial charge in [0.15, 0.2) is 0 Å². The molecular weight excluding hydrogens is 296 g/mol. The molecular formula is C13H20N2O3S2. The SMILES string of the molecule is CCOC(=O)C(N)CSCC(=O)N(C)Cc1cccs1. The molecule has 7 heteroatoms. The highest BCUT2D eigenvalue weighted by Gasteiger charge is 2.16. The molecule has 1 aromatic rings. The van der Waals surface area contributed by atoms with Gasteiger partial charge in [0, 0.05) is 17.7 Å². The quantitative estimate of drug-likeness (QED) is 0.733. The van der Waals surface area contributed by atoms with E-state index in [2.05, 4.69) is 0 Å². The lowest BCUT2D eigenvalue weighted by Gasteiger charge is -2.16. The van der Waals surface area contributed by atoms with Crippen LogP contribution in [-0.4, -0.2) is 48.0 Å². The van der Waals surface area contributed by atoms with Gasteiger partial charge in [-0.15, -0.1) is 23.1 Å². The molecule has 1 heterocycles. The van der Waals surface area contributed by atoms with Crippen molar-refractivity contribution < 1.29 is 14.3 Å². The van der Waals surface area contributed by atoms with Gasteiger partial charge >= 0.3 is 5.97 Å². The van der Waals surface area contributed by atoms with E-state index in [-0.39, 0.29) is 5.91 Å². The van der Waals surface area contributed by atoms with Crippen LogP contribution in [0.15, 0.2) is 17.5 Å². The first-order valence-corrected chi connectivity index (χ1v) is 8.34. The van der Waals surface area contributed by atoms with Crippen LogP contribution >= 0.6 is 23.1 Å². The van der Waals surface area contributed by atoms with Gasteiger partial charge in [-0.2, -0.15) is 0 Å². The Kier molecular flexibility index (Phi) is 7.64. The summed E-state index contributed by atoms with van der Waals surface area (Å²) in [5, 5.41) is 1.99. The molecule has 1 atom stereocenters. The van der Waals surface area contributed by atoms with Gasteiger partial charge in [0.2, 0.25) is 5.91 Å². The van der Waals surface area contributed by atoms with Crippen molar-refractivity contribution in [3.8, 4) is 0 Å². The summed E-state index contributed by atoms with van der Waals surface area (Å²) in [5.74, 6) is 0.311. The summed E-state index contributed by atoms with van der Waals surface area (Å²) >= 11 is 2.98. The third-order valence-corrected chi connectivity index (χ3v) is 4.42. The zero-order valence-corrected chi connectivity index (χ0v) is 13.3. The largest absolute Gasteiger partial charge is 0.465 e. The van der Waals surface area contributed by atoms with Crippen molar-refractivity contribution in [2.45, 2.75) is 19.5 Å². The first-order chi connectivity index (χ1) is 9.54. The molecule has 1 rings (SSSR count). The number of carbonyl (C=O) groups is 2. The number of nitrogens with two attached hydrogens (primary N) is 1. The predicted octanol–water partition coefficient (Wildman–Crippen LogP) is 1.33. The molecule has 1 aromatic heterocycles. The minimum absolute atomic E-state index is 0.0273. The Labute approximate surface area is 127 Å². The van der Waals surface area contributed by atoms with Crippen LogP contribution in [0.1, 0.15) is 11.8 Å². The Morgan fingerprint density at radius 2 is 2.30 bits per heavy atom. The Balaban J connectivity index is 2.24. The van der Waals surface area contributed by atoms with Crippen LogP contribution in [-0.2, 0) is 20.9 Å². The molecule has 0 fully saturated rings. The molecule has 0 spiro atoms. The molecule has 1 unspecified atom stereocenters. The van der Waals surface area contributed by atoms with E-state index in [0.29, 0.717) is 24.7 Å². The standard InChI is InChI=1S/C13H20N2O3S2/c1-3-18-13(17)11(14)8-19-9-12(16)15(2)7-10-5-4-6-20-10/h4-6,11H,3,7-9,14H2,1-2H3. The molecule has 112 valence electrons. The fraction of sp³-hybridized carbons (Fsp3) is 0.538. The number of hydrogen-bond donors (Lipinski definition) is 1. The minimum Gasteiger partial charge on any atom is -0.465 e. The molecule has 20 heavy (non-hydrogen) atoms. The van der Waals surface area contributed by atoms with Crippen LogP contribution in [0.5, 0.6) is 0 Å². The summed E-state index contributed by atoms with van der Waals surface area (Å²) in [6.45, 7) is 2.67. The van der Waals surface area contributed by atoms with E-state index >= 15 is 0 Å². The number of thiophene rings is 1. The van der Waals surface area contributed by atoms with Crippen LogP contribution in [0.4, 0.5) is 0 Å². The Hall–Kier alpha value is -1.05. The lowest BCUT2D eigenvalue weighted by molar-refractivity contribution is -0.144. The van der Waals surface area contributed by atoms with Gasteiger partial charge in [-0.25, -0.2) is 0 Å². The number of rotatable bonds is 8. The lowest BCUT2D eigenvalue weighted by atomic mass is 10.4. The maximum Gasteiger partial charge on any atom is 0.323 e. The summed E-state index contributed by atoms with van der Waals surface area (Å²) in [4.78, 5) is 26.0. The molecule has 2 N–H and O–H groups in total. The Morgan fingerprint density at radius 1 is 1.55 bits per heavy atom. The summed E-state index contributed by atoms with van der Waals surface area (Å²) in [6.07, 6.45) is 0. The van der Waals surface area contributed by atoms with Crippen LogP contribution in [0.2, 0.25) is 0 Å². The van der Waals surface area contributed by atoms with Crippen molar-refractivity contribution in [3.63, 3.8) is 0 Å². The number of nitrogens with zero attached hydrogens (tertiary/aromatic N) is 1. The molecule has 0 radical (unpaired) electrons. The van der Waals surface area contributed by atoms with E-state index < -0.39 is 12.0 Å². The number of hydrogen-bond acceptors (Lipinski definition) is 6. The average Bonchev–Trinajstić information content (AvgIpc) is 2.91. The highest BCUT2D eigenvalue weighted by molar-refractivity contribution is 8.00. The van der Waals surface area contributed by atoms with Crippen molar-refractivity contribution in [2.75, 3.05) is 25.2 Å². The topological polar surface area (TPSA) is 72.6 Å². The van der Waals surface area contributed by atoms with Gasteiger partial charge in [0.05, 0.1) is 18.9 Å². The average molecular weight is 316 g/mol. The Bertz CT molecular complexity index is 423. The van der Waals surface area contributed by atoms with Gasteiger partial charge in [-0.05, 0) is 18.4 Å². The van der Waals surface area contributed by atoms with Crippen LogP contribution in [0, 0.1) is 0 Å². The van der Waals surface area contributed by atoms with E-state index in [4.69, 9.17) is 10.5 Å². The highest BCUT2D eigenvalue weighted by atomic mass is 32.2. The maximum absolute atomic E-state index is 11.9. The van der Waals surface area contributed by atoms with Crippen LogP contribution < -0.4 is 5.73 Å². The molecule has 0 aliphatic rings.